The van der Waals surface area contributed by atoms with Crippen LogP contribution in [0.4, 0.5) is 4.79 Å². The maximum absolute atomic E-state index is 13.1. The number of aromatic nitrogens is 2. The minimum atomic E-state index is -1.10. The molecule has 1 aromatic heterocycles. The molecule has 0 bridgehead atoms. The molecular formula is C23H20ClN3O5. The summed E-state index contributed by atoms with van der Waals surface area (Å²) in [5.74, 6) is -0.761. The third-order valence-electron chi connectivity index (χ3n) is 5.12. The number of carbonyl (C=O) groups excluding carboxylic acids is 1. The number of nitrogens with zero attached hydrogens (tertiary/aromatic N) is 3. The topological polar surface area (TPSA) is 102 Å². The van der Waals surface area contributed by atoms with Gasteiger partial charge in [-0.25, -0.2) is 19.6 Å². The van der Waals surface area contributed by atoms with Crippen LogP contribution in [-0.2, 0) is 22.6 Å². The van der Waals surface area contributed by atoms with E-state index in [2.05, 4.69) is 9.97 Å². The molecule has 0 aliphatic carbocycles. The van der Waals surface area contributed by atoms with E-state index in [1.165, 1.54) is 6.33 Å². The van der Waals surface area contributed by atoms with Gasteiger partial charge >= 0.3 is 12.1 Å². The molecule has 32 heavy (non-hydrogen) atoms. The Kier molecular flexibility index (Phi) is 6.51. The van der Waals surface area contributed by atoms with Gasteiger partial charge in [0.15, 0.2) is 6.61 Å². The number of carbonyl (C=O) groups is 2. The Labute approximate surface area is 189 Å². The van der Waals surface area contributed by atoms with E-state index in [1.807, 2.05) is 24.3 Å². The molecule has 4 rings (SSSR count). The van der Waals surface area contributed by atoms with Crippen molar-refractivity contribution in [2.75, 3.05) is 13.2 Å². The first kappa shape index (κ1) is 21.6. The third-order valence-corrected chi connectivity index (χ3v) is 5.36. The molecule has 0 saturated carbocycles. The van der Waals surface area contributed by atoms with Crippen molar-refractivity contribution in [3.63, 3.8) is 0 Å². The summed E-state index contributed by atoms with van der Waals surface area (Å²) in [5.41, 5.74) is 3.15. The Morgan fingerprint density at radius 1 is 1.16 bits per heavy atom. The van der Waals surface area contributed by atoms with Gasteiger partial charge < -0.3 is 14.6 Å². The maximum Gasteiger partial charge on any atom is 0.410 e. The van der Waals surface area contributed by atoms with Gasteiger partial charge in [0.1, 0.15) is 18.7 Å². The van der Waals surface area contributed by atoms with E-state index in [0.29, 0.717) is 35.0 Å². The second kappa shape index (κ2) is 9.65. The van der Waals surface area contributed by atoms with Crippen LogP contribution in [0.25, 0.3) is 0 Å². The standard InChI is InChI=1S/C23H20ClN3O5/c24-16-5-6-20(31-13-21(28)29)19(11-16)22-18-4-2-1-3-15(18)8-10-27(22)23(30)32-12-17-7-9-25-14-26-17/h1-7,9,11,14,22H,8,10,12-13H2,(H,28,29)/t22-/m0/s1. The molecule has 0 fully saturated rings. The number of carboxylic acids is 1. The van der Waals surface area contributed by atoms with Crippen molar-refractivity contribution in [1.82, 2.24) is 14.9 Å². The Balaban J connectivity index is 1.69. The van der Waals surface area contributed by atoms with E-state index in [0.717, 1.165) is 11.1 Å². The highest BCUT2D eigenvalue weighted by Crippen LogP contribution is 2.40. The van der Waals surface area contributed by atoms with Crippen LogP contribution in [0, 0.1) is 0 Å². The summed E-state index contributed by atoms with van der Waals surface area (Å²) < 4.78 is 11.1. The number of benzene rings is 2. The van der Waals surface area contributed by atoms with Crippen molar-refractivity contribution in [2.45, 2.75) is 19.1 Å². The molecule has 1 N–H and O–H groups in total. The highest BCUT2D eigenvalue weighted by Gasteiger charge is 2.35. The van der Waals surface area contributed by atoms with Gasteiger partial charge in [-0.2, -0.15) is 0 Å². The normalized spacial score (nSPS) is 15.0. The van der Waals surface area contributed by atoms with Crippen LogP contribution in [0.3, 0.4) is 0 Å². The molecule has 1 atom stereocenters. The number of carboxylic acid groups (broad SMARTS) is 1. The van der Waals surface area contributed by atoms with Gasteiger partial charge in [0.25, 0.3) is 0 Å². The minimum absolute atomic E-state index is 0.00410. The van der Waals surface area contributed by atoms with E-state index < -0.39 is 24.7 Å². The first-order valence-electron chi connectivity index (χ1n) is 9.93. The fourth-order valence-electron chi connectivity index (χ4n) is 3.72. The second-order valence-corrected chi connectivity index (χ2v) is 7.60. The largest absolute Gasteiger partial charge is 0.482 e. The van der Waals surface area contributed by atoms with Gasteiger partial charge in [-0.05, 0) is 41.8 Å². The fraction of sp³-hybridized carbons (Fsp3) is 0.217. The molecule has 1 aliphatic rings. The fourth-order valence-corrected chi connectivity index (χ4v) is 3.91. The van der Waals surface area contributed by atoms with E-state index in [9.17, 15) is 9.59 Å². The molecule has 0 spiro atoms. The first-order valence-corrected chi connectivity index (χ1v) is 10.3. The number of ether oxygens (including phenoxy) is 2. The highest BCUT2D eigenvalue weighted by molar-refractivity contribution is 6.30. The van der Waals surface area contributed by atoms with E-state index in [1.54, 1.807) is 35.4 Å². The molecule has 1 amide bonds. The summed E-state index contributed by atoms with van der Waals surface area (Å²) in [6, 6.07) is 13.8. The summed E-state index contributed by atoms with van der Waals surface area (Å²) in [5, 5.41) is 9.51. The number of aliphatic carboxylic acids is 1. The number of amides is 1. The third kappa shape index (κ3) is 4.81. The quantitative estimate of drug-likeness (QED) is 0.604. The Morgan fingerprint density at radius 3 is 2.78 bits per heavy atom. The van der Waals surface area contributed by atoms with Crippen LogP contribution in [0.5, 0.6) is 5.75 Å². The number of halogens is 1. The SMILES string of the molecule is O=C(O)COc1ccc(Cl)cc1[C@@H]1c2ccccc2CCN1C(=O)OCc1ccncn1. The van der Waals surface area contributed by atoms with Crippen molar-refractivity contribution in [3.8, 4) is 5.75 Å². The molecule has 2 aromatic carbocycles. The van der Waals surface area contributed by atoms with Crippen LogP contribution >= 0.6 is 11.6 Å². The summed E-state index contributed by atoms with van der Waals surface area (Å²) in [6.45, 7) is -0.0968. The lowest BCUT2D eigenvalue weighted by Gasteiger charge is -2.37. The molecule has 1 aliphatic heterocycles. The van der Waals surface area contributed by atoms with Crippen LogP contribution in [0.2, 0.25) is 5.02 Å². The van der Waals surface area contributed by atoms with Crippen molar-refractivity contribution < 1.29 is 24.2 Å². The molecule has 0 saturated heterocycles. The van der Waals surface area contributed by atoms with E-state index in [-0.39, 0.29) is 6.61 Å². The van der Waals surface area contributed by atoms with Gasteiger partial charge in [-0.1, -0.05) is 35.9 Å². The lowest BCUT2D eigenvalue weighted by molar-refractivity contribution is -0.139. The zero-order valence-corrected chi connectivity index (χ0v) is 17.7. The highest BCUT2D eigenvalue weighted by atomic mass is 35.5. The zero-order chi connectivity index (χ0) is 22.5. The summed E-state index contributed by atoms with van der Waals surface area (Å²) >= 11 is 6.27. The van der Waals surface area contributed by atoms with Gasteiger partial charge in [0.05, 0.1) is 11.7 Å². The number of hydrogen-bond acceptors (Lipinski definition) is 6. The molecule has 3 aromatic rings. The minimum Gasteiger partial charge on any atom is -0.482 e. The average molecular weight is 454 g/mol. The molecule has 8 nitrogen and oxygen atoms in total. The molecule has 164 valence electrons. The smallest absolute Gasteiger partial charge is 0.410 e. The van der Waals surface area contributed by atoms with Crippen molar-refractivity contribution in [2.24, 2.45) is 0 Å². The van der Waals surface area contributed by atoms with Gasteiger partial charge in [0.2, 0.25) is 0 Å². The number of rotatable bonds is 6. The molecule has 2 heterocycles. The maximum atomic E-state index is 13.1. The molecule has 0 unspecified atom stereocenters. The van der Waals surface area contributed by atoms with Gasteiger partial charge in [-0.15, -0.1) is 0 Å². The van der Waals surface area contributed by atoms with Crippen LogP contribution in [0.15, 0.2) is 61.1 Å². The predicted molar refractivity (Wildman–Crippen MR) is 115 cm³/mol. The number of hydrogen-bond donors (Lipinski definition) is 1. The summed E-state index contributed by atoms with van der Waals surface area (Å²) in [7, 11) is 0. The van der Waals surface area contributed by atoms with E-state index in [4.69, 9.17) is 26.2 Å². The van der Waals surface area contributed by atoms with Crippen LogP contribution < -0.4 is 4.74 Å². The zero-order valence-electron chi connectivity index (χ0n) is 17.0. The van der Waals surface area contributed by atoms with Crippen molar-refractivity contribution in [1.29, 1.82) is 0 Å². The monoisotopic (exact) mass is 453 g/mol. The van der Waals surface area contributed by atoms with Gasteiger partial charge in [-0.3, -0.25) is 4.90 Å². The Morgan fingerprint density at radius 2 is 2.00 bits per heavy atom. The number of fused-ring (bicyclic) bond motifs is 1. The van der Waals surface area contributed by atoms with Crippen molar-refractivity contribution >= 4 is 23.7 Å². The molecule has 9 heteroatoms. The van der Waals surface area contributed by atoms with E-state index >= 15 is 0 Å². The molecular weight excluding hydrogens is 434 g/mol. The second-order valence-electron chi connectivity index (χ2n) is 7.16. The Bertz CT molecular complexity index is 1130. The van der Waals surface area contributed by atoms with Crippen LogP contribution in [0.1, 0.15) is 28.4 Å². The Hall–Kier alpha value is -3.65. The van der Waals surface area contributed by atoms with Gasteiger partial charge in [0, 0.05) is 23.3 Å². The molecule has 0 radical (unpaired) electrons. The van der Waals surface area contributed by atoms with Crippen molar-refractivity contribution in [3.05, 3.63) is 88.5 Å². The average Bonchev–Trinajstić information content (AvgIpc) is 2.81. The first-order chi connectivity index (χ1) is 15.5. The van der Waals surface area contributed by atoms with Crippen LogP contribution in [-0.4, -0.2) is 45.2 Å². The lowest BCUT2D eigenvalue weighted by Crippen LogP contribution is -2.41. The summed E-state index contributed by atoms with van der Waals surface area (Å²) in [4.78, 5) is 33.7. The lowest BCUT2D eigenvalue weighted by atomic mass is 9.88. The predicted octanol–water partition coefficient (Wildman–Crippen LogP) is 3.88. The summed E-state index contributed by atoms with van der Waals surface area (Å²) in [6.07, 6.45) is 3.10.